The van der Waals surface area contributed by atoms with Crippen molar-refractivity contribution in [2.75, 3.05) is 51.7 Å². The Hall–Kier alpha value is -1.94. The van der Waals surface area contributed by atoms with E-state index in [2.05, 4.69) is 43.5 Å². The summed E-state index contributed by atoms with van der Waals surface area (Å²) in [5, 5.41) is 6.59. The van der Waals surface area contributed by atoms with E-state index in [1.54, 1.807) is 13.1 Å². The highest BCUT2D eigenvalue weighted by Gasteiger charge is 2.17. The van der Waals surface area contributed by atoms with Gasteiger partial charge in [-0.15, -0.1) is 24.0 Å². The van der Waals surface area contributed by atoms with E-state index in [1.165, 1.54) is 6.07 Å². The Bertz CT molecular complexity index is 792. The number of rotatable bonds is 6. The molecule has 2 heterocycles. The standard InChI is InChI=1S/C21H29FN6.HI/c1-23-21(25-11-9-17-6-3-4-8-19(17)22)26-16-18-7-5-10-24-20(18)28-14-12-27(2)13-15-28;/h3-8,10H,9,11-16H2,1-2H3,(H2,23,25,26);1H. The number of hydrogen-bond acceptors (Lipinski definition) is 4. The highest BCUT2D eigenvalue weighted by Crippen LogP contribution is 2.18. The molecule has 0 unspecified atom stereocenters. The van der Waals surface area contributed by atoms with Crippen LogP contribution in [-0.2, 0) is 13.0 Å². The van der Waals surface area contributed by atoms with Gasteiger partial charge >= 0.3 is 0 Å². The zero-order valence-corrected chi connectivity index (χ0v) is 19.4. The third-order valence-electron chi connectivity index (χ3n) is 4.98. The van der Waals surface area contributed by atoms with Crippen LogP contribution in [0.15, 0.2) is 47.6 Å². The summed E-state index contributed by atoms with van der Waals surface area (Å²) in [5.41, 5.74) is 1.85. The maximum absolute atomic E-state index is 13.7. The molecule has 2 aromatic rings. The Kier molecular flexibility index (Phi) is 9.59. The molecule has 0 bridgehead atoms. The number of nitrogens with one attached hydrogen (secondary N) is 2. The number of hydrogen-bond donors (Lipinski definition) is 2. The Labute approximate surface area is 189 Å². The topological polar surface area (TPSA) is 55.8 Å². The molecule has 0 radical (unpaired) electrons. The molecule has 0 amide bonds. The van der Waals surface area contributed by atoms with E-state index in [1.807, 2.05) is 24.4 Å². The van der Waals surface area contributed by atoms with Crippen LogP contribution in [0.5, 0.6) is 0 Å². The summed E-state index contributed by atoms with van der Waals surface area (Å²) in [6.45, 7) is 5.30. The molecule has 1 aromatic heterocycles. The van der Waals surface area contributed by atoms with Crippen LogP contribution in [0.4, 0.5) is 10.2 Å². The summed E-state index contributed by atoms with van der Waals surface area (Å²) in [5.74, 6) is 1.56. The zero-order chi connectivity index (χ0) is 19.8. The highest BCUT2D eigenvalue weighted by molar-refractivity contribution is 14.0. The van der Waals surface area contributed by atoms with E-state index in [4.69, 9.17) is 0 Å². The van der Waals surface area contributed by atoms with Gasteiger partial charge in [0.1, 0.15) is 11.6 Å². The van der Waals surface area contributed by atoms with Gasteiger partial charge in [0.2, 0.25) is 0 Å². The quantitative estimate of drug-likeness (QED) is 0.354. The average Bonchev–Trinajstić information content (AvgIpc) is 2.73. The number of piperazine rings is 1. The van der Waals surface area contributed by atoms with E-state index < -0.39 is 0 Å². The molecular weight excluding hydrogens is 482 g/mol. The minimum Gasteiger partial charge on any atom is -0.356 e. The number of benzene rings is 1. The second kappa shape index (κ2) is 11.9. The van der Waals surface area contributed by atoms with E-state index in [-0.39, 0.29) is 29.8 Å². The van der Waals surface area contributed by atoms with E-state index in [0.29, 0.717) is 31.0 Å². The molecule has 158 valence electrons. The van der Waals surface area contributed by atoms with Crippen LogP contribution in [-0.4, -0.2) is 62.7 Å². The smallest absolute Gasteiger partial charge is 0.191 e. The first kappa shape index (κ1) is 23.3. The van der Waals surface area contributed by atoms with Gasteiger partial charge in [-0.2, -0.15) is 0 Å². The first-order chi connectivity index (χ1) is 13.7. The van der Waals surface area contributed by atoms with Gasteiger partial charge in [0, 0.05) is 58.1 Å². The van der Waals surface area contributed by atoms with Crippen LogP contribution in [0.1, 0.15) is 11.1 Å². The maximum Gasteiger partial charge on any atom is 0.191 e. The predicted molar refractivity (Wildman–Crippen MR) is 128 cm³/mol. The van der Waals surface area contributed by atoms with Crippen molar-refractivity contribution >= 4 is 35.8 Å². The van der Waals surface area contributed by atoms with Gasteiger partial charge < -0.3 is 20.4 Å². The summed E-state index contributed by atoms with van der Waals surface area (Å²) in [6.07, 6.45) is 2.45. The molecule has 0 saturated carbocycles. The van der Waals surface area contributed by atoms with Crippen LogP contribution in [0.25, 0.3) is 0 Å². The van der Waals surface area contributed by atoms with Crippen molar-refractivity contribution in [3.63, 3.8) is 0 Å². The molecular formula is C21H30FIN6. The van der Waals surface area contributed by atoms with E-state index >= 15 is 0 Å². The summed E-state index contributed by atoms with van der Waals surface area (Å²) in [7, 11) is 3.89. The lowest BCUT2D eigenvalue weighted by Crippen LogP contribution is -2.45. The second-order valence-corrected chi connectivity index (χ2v) is 6.97. The fraction of sp³-hybridized carbons (Fsp3) is 0.429. The molecule has 29 heavy (non-hydrogen) atoms. The lowest BCUT2D eigenvalue weighted by molar-refractivity contribution is 0.312. The molecule has 1 fully saturated rings. The third-order valence-corrected chi connectivity index (χ3v) is 4.98. The number of halogens is 2. The van der Waals surface area contributed by atoms with Gasteiger partial charge in [-0.05, 0) is 31.2 Å². The molecule has 0 spiro atoms. The highest BCUT2D eigenvalue weighted by atomic mass is 127. The maximum atomic E-state index is 13.7. The van der Waals surface area contributed by atoms with Gasteiger partial charge in [0.15, 0.2) is 5.96 Å². The summed E-state index contributed by atoms with van der Waals surface area (Å²) in [4.78, 5) is 13.5. The molecule has 0 atom stereocenters. The summed E-state index contributed by atoms with van der Waals surface area (Å²) >= 11 is 0. The third kappa shape index (κ3) is 6.81. The summed E-state index contributed by atoms with van der Waals surface area (Å²) in [6, 6.07) is 10.9. The largest absolute Gasteiger partial charge is 0.356 e. The molecule has 1 aromatic carbocycles. The lowest BCUT2D eigenvalue weighted by Gasteiger charge is -2.34. The van der Waals surface area contributed by atoms with Crippen LogP contribution in [0.3, 0.4) is 0 Å². The Morgan fingerprint density at radius 2 is 1.79 bits per heavy atom. The average molecular weight is 512 g/mol. The number of likely N-dealkylation sites (N-methyl/N-ethyl adjacent to an activating group) is 1. The van der Waals surface area contributed by atoms with Gasteiger partial charge in [-0.1, -0.05) is 24.3 Å². The predicted octanol–water partition coefficient (Wildman–Crippen LogP) is 2.50. The zero-order valence-electron chi connectivity index (χ0n) is 17.1. The van der Waals surface area contributed by atoms with E-state index in [9.17, 15) is 4.39 Å². The van der Waals surface area contributed by atoms with Crippen LogP contribution in [0.2, 0.25) is 0 Å². The minimum atomic E-state index is -0.167. The number of guanidine groups is 1. The van der Waals surface area contributed by atoms with Crippen molar-refractivity contribution in [2.45, 2.75) is 13.0 Å². The van der Waals surface area contributed by atoms with Crippen molar-refractivity contribution in [3.05, 3.63) is 59.5 Å². The van der Waals surface area contributed by atoms with Gasteiger partial charge in [0.25, 0.3) is 0 Å². The minimum absolute atomic E-state index is 0. The molecule has 2 N–H and O–H groups in total. The molecule has 3 rings (SSSR count). The second-order valence-electron chi connectivity index (χ2n) is 6.97. The lowest BCUT2D eigenvalue weighted by atomic mass is 10.1. The first-order valence-corrected chi connectivity index (χ1v) is 9.72. The van der Waals surface area contributed by atoms with Crippen molar-refractivity contribution < 1.29 is 4.39 Å². The molecule has 6 nitrogen and oxygen atoms in total. The van der Waals surface area contributed by atoms with Gasteiger partial charge in [-0.25, -0.2) is 9.37 Å². The fourth-order valence-electron chi connectivity index (χ4n) is 3.29. The molecule has 1 aliphatic rings. The SMILES string of the molecule is CN=C(NCCc1ccccc1F)NCc1cccnc1N1CCN(C)CC1.I. The van der Waals surface area contributed by atoms with Crippen LogP contribution >= 0.6 is 24.0 Å². The number of anilines is 1. The number of pyridine rings is 1. The molecule has 0 aliphatic carbocycles. The number of nitrogens with zero attached hydrogens (tertiary/aromatic N) is 4. The summed E-state index contributed by atoms with van der Waals surface area (Å²) < 4.78 is 13.7. The fourth-order valence-corrected chi connectivity index (χ4v) is 3.29. The van der Waals surface area contributed by atoms with Crippen molar-refractivity contribution in [3.8, 4) is 0 Å². The molecule has 8 heteroatoms. The van der Waals surface area contributed by atoms with E-state index in [0.717, 1.165) is 37.6 Å². The number of aliphatic imine (C=N–C) groups is 1. The van der Waals surface area contributed by atoms with Gasteiger partial charge in [0.05, 0.1) is 0 Å². The van der Waals surface area contributed by atoms with Gasteiger partial charge in [-0.3, -0.25) is 4.99 Å². The molecule has 1 saturated heterocycles. The van der Waals surface area contributed by atoms with Crippen LogP contribution < -0.4 is 15.5 Å². The normalized spacial score (nSPS) is 15.0. The Balaban J connectivity index is 0.00000300. The molecule has 1 aliphatic heterocycles. The number of aromatic nitrogens is 1. The van der Waals surface area contributed by atoms with Crippen molar-refractivity contribution in [1.29, 1.82) is 0 Å². The van der Waals surface area contributed by atoms with Crippen LogP contribution in [0, 0.1) is 5.82 Å². The Morgan fingerprint density at radius 1 is 1.07 bits per heavy atom. The Morgan fingerprint density at radius 3 is 2.52 bits per heavy atom. The van der Waals surface area contributed by atoms with Crippen molar-refractivity contribution in [2.24, 2.45) is 4.99 Å². The first-order valence-electron chi connectivity index (χ1n) is 9.72. The van der Waals surface area contributed by atoms with Crippen molar-refractivity contribution in [1.82, 2.24) is 20.5 Å². The monoisotopic (exact) mass is 512 g/mol.